The van der Waals surface area contributed by atoms with Crippen LogP contribution >= 0.6 is 11.6 Å². The summed E-state index contributed by atoms with van der Waals surface area (Å²) in [6, 6.07) is 13.5. The Hall–Kier alpha value is -1.89. The van der Waals surface area contributed by atoms with Crippen LogP contribution in [0.5, 0.6) is 0 Å². The van der Waals surface area contributed by atoms with Gasteiger partial charge in [-0.3, -0.25) is 4.79 Å². The van der Waals surface area contributed by atoms with Gasteiger partial charge < -0.3 is 5.32 Å². The van der Waals surface area contributed by atoms with Crippen LogP contribution in [-0.4, -0.2) is 27.4 Å². The van der Waals surface area contributed by atoms with Crippen LogP contribution in [0.4, 0.5) is 0 Å². The van der Waals surface area contributed by atoms with Crippen molar-refractivity contribution in [2.75, 3.05) is 13.1 Å². The molecule has 0 bridgehead atoms. The van der Waals surface area contributed by atoms with Crippen LogP contribution < -0.4 is 10.0 Å². The monoisotopic (exact) mass is 394 g/mol. The lowest BCUT2D eigenvalue weighted by atomic mass is 10.1. The number of halogens is 1. The summed E-state index contributed by atoms with van der Waals surface area (Å²) in [5.41, 5.74) is 1.34. The number of carbonyl (C=O) groups is 1. The molecule has 0 fully saturated rings. The predicted octanol–water partition coefficient (Wildman–Crippen LogP) is 3.39. The average molecular weight is 395 g/mol. The number of sulfonamides is 1. The molecule has 0 atom stereocenters. The van der Waals surface area contributed by atoms with Gasteiger partial charge in [0.1, 0.15) is 0 Å². The lowest BCUT2D eigenvalue weighted by Crippen LogP contribution is -2.27. The van der Waals surface area contributed by atoms with E-state index in [-0.39, 0.29) is 10.8 Å². The topological polar surface area (TPSA) is 75.3 Å². The van der Waals surface area contributed by atoms with Gasteiger partial charge in [-0.25, -0.2) is 13.1 Å². The van der Waals surface area contributed by atoms with Crippen molar-refractivity contribution in [1.82, 2.24) is 10.0 Å². The molecule has 0 saturated carbocycles. The molecule has 5 nitrogen and oxygen atoms in total. The predicted molar refractivity (Wildman–Crippen MR) is 104 cm³/mol. The number of nitrogens with one attached hydrogen (secondary N) is 2. The van der Waals surface area contributed by atoms with Gasteiger partial charge in [-0.1, -0.05) is 43.1 Å². The Morgan fingerprint density at radius 1 is 1.08 bits per heavy atom. The Kier molecular flexibility index (Phi) is 7.63. The normalized spacial score (nSPS) is 11.3. The average Bonchev–Trinajstić information content (AvgIpc) is 2.62. The van der Waals surface area contributed by atoms with Crippen LogP contribution in [0.1, 0.15) is 35.7 Å². The fourth-order valence-electron chi connectivity index (χ4n) is 2.39. The van der Waals surface area contributed by atoms with Crippen molar-refractivity contribution in [3.05, 3.63) is 64.7 Å². The molecule has 26 heavy (non-hydrogen) atoms. The zero-order chi connectivity index (χ0) is 19.0. The van der Waals surface area contributed by atoms with Crippen LogP contribution in [0.3, 0.4) is 0 Å². The first kappa shape index (κ1) is 20.4. The molecule has 0 saturated heterocycles. The zero-order valence-corrected chi connectivity index (χ0v) is 16.2. The molecule has 0 heterocycles. The molecule has 1 amide bonds. The lowest BCUT2D eigenvalue weighted by molar-refractivity contribution is 0.0954. The van der Waals surface area contributed by atoms with E-state index in [9.17, 15) is 13.2 Å². The van der Waals surface area contributed by atoms with Crippen LogP contribution in [0.15, 0.2) is 53.4 Å². The first-order chi connectivity index (χ1) is 12.4. The summed E-state index contributed by atoms with van der Waals surface area (Å²) in [6.45, 7) is 2.81. The van der Waals surface area contributed by atoms with Crippen molar-refractivity contribution in [2.24, 2.45) is 0 Å². The molecule has 2 aromatic rings. The van der Waals surface area contributed by atoms with Crippen LogP contribution in [0, 0.1) is 0 Å². The van der Waals surface area contributed by atoms with Gasteiger partial charge in [0.15, 0.2) is 0 Å². The van der Waals surface area contributed by atoms with Crippen LogP contribution in [0.25, 0.3) is 0 Å². The van der Waals surface area contributed by atoms with Gasteiger partial charge in [-0.2, -0.15) is 0 Å². The molecule has 2 aromatic carbocycles. The highest BCUT2D eigenvalue weighted by Gasteiger charge is 2.15. The summed E-state index contributed by atoms with van der Waals surface area (Å²) in [6.07, 6.45) is 2.31. The largest absolute Gasteiger partial charge is 0.352 e. The fraction of sp³-hybridized carbons (Fsp3) is 0.316. The van der Waals surface area contributed by atoms with Gasteiger partial charge >= 0.3 is 0 Å². The second-order valence-corrected chi connectivity index (χ2v) is 8.12. The second kappa shape index (κ2) is 9.71. The summed E-state index contributed by atoms with van der Waals surface area (Å²) < 4.78 is 27.1. The van der Waals surface area contributed by atoms with Crippen molar-refractivity contribution in [3.63, 3.8) is 0 Å². The molecule has 2 rings (SSSR count). The van der Waals surface area contributed by atoms with E-state index >= 15 is 0 Å². The Morgan fingerprint density at radius 3 is 2.58 bits per heavy atom. The minimum absolute atomic E-state index is 0.0936. The Balaban J connectivity index is 1.97. The van der Waals surface area contributed by atoms with E-state index < -0.39 is 10.0 Å². The second-order valence-electron chi connectivity index (χ2n) is 5.91. The Bertz CT molecular complexity index is 853. The SMILES string of the molecule is CCCCNS(=O)(=O)c1cccc(C(=O)NCCc2cccc(Cl)c2)c1. The lowest BCUT2D eigenvalue weighted by Gasteiger charge is -2.09. The van der Waals surface area contributed by atoms with Crippen LogP contribution in [0.2, 0.25) is 5.02 Å². The summed E-state index contributed by atoms with van der Waals surface area (Å²) in [4.78, 5) is 12.4. The molecule has 0 unspecified atom stereocenters. The first-order valence-corrected chi connectivity index (χ1v) is 10.4. The first-order valence-electron chi connectivity index (χ1n) is 8.55. The molecule has 7 heteroatoms. The summed E-state index contributed by atoms with van der Waals surface area (Å²) in [5, 5.41) is 3.46. The summed E-state index contributed by atoms with van der Waals surface area (Å²) in [5.74, 6) is -0.308. The van der Waals surface area contributed by atoms with Gasteiger partial charge in [0.25, 0.3) is 5.91 Å². The third kappa shape index (κ3) is 6.12. The third-order valence-electron chi connectivity index (χ3n) is 3.82. The Labute approximate surface area is 159 Å². The zero-order valence-electron chi connectivity index (χ0n) is 14.7. The maximum Gasteiger partial charge on any atom is 0.251 e. The molecule has 0 aliphatic carbocycles. The molecule has 0 radical (unpaired) electrons. The molecule has 140 valence electrons. The molecular weight excluding hydrogens is 372 g/mol. The highest BCUT2D eigenvalue weighted by molar-refractivity contribution is 7.89. The maximum atomic E-state index is 12.3. The van der Waals surface area contributed by atoms with Gasteiger partial charge in [-0.05, 0) is 48.7 Å². The standard InChI is InChI=1S/C19H23ClN2O3S/c1-2-3-11-22-26(24,25)18-9-5-7-16(14-18)19(23)21-12-10-15-6-4-8-17(20)13-15/h4-9,13-14,22H,2-3,10-12H2,1H3,(H,21,23). The van der Waals surface area contributed by atoms with Crippen LogP contribution in [-0.2, 0) is 16.4 Å². The van der Waals surface area contributed by atoms with Crippen molar-refractivity contribution in [2.45, 2.75) is 31.1 Å². The number of hydrogen-bond acceptors (Lipinski definition) is 3. The molecule has 0 aliphatic rings. The quantitative estimate of drug-likeness (QED) is 0.640. The van der Waals surface area contributed by atoms with Crippen molar-refractivity contribution in [1.29, 1.82) is 0 Å². The minimum Gasteiger partial charge on any atom is -0.352 e. The van der Waals surface area contributed by atoms with E-state index in [0.717, 1.165) is 18.4 Å². The van der Waals surface area contributed by atoms with Gasteiger partial charge in [0.2, 0.25) is 10.0 Å². The van der Waals surface area contributed by atoms with E-state index in [1.807, 2.05) is 25.1 Å². The number of unbranched alkanes of at least 4 members (excludes halogenated alkanes) is 1. The van der Waals surface area contributed by atoms with Crippen molar-refractivity contribution >= 4 is 27.5 Å². The fourth-order valence-corrected chi connectivity index (χ4v) is 3.72. The third-order valence-corrected chi connectivity index (χ3v) is 5.51. The highest BCUT2D eigenvalue weighted by atomic mass is 35.5. The number of amides is 1. The van der Waals surface area contributed by atoms with Crippen molar-refractivity contribution in [3.8, 4) is 0 Å². The van der Waals surface area contributed by atoms with E-state index in [0.29, 0.717) is 30.1 Å². The van der Waals surface area contributed by atoms with Gasteiger partial charge in [0, 0.05) is 23.7 Å². The number of hydrogen-bond donors (Lipinski definition) is 2. The summed E-state index contributed by atoms with van der Waals surface area (Å²) >= 11 is 5.94. The molecule has 0 aromatic heterocycles. The number of rotatable bonds is 9. The van der Waals surface area contributed by atoms with E-state index in [2.05, 4.69) is 10.0 Å². The van der Waals surface area contributed by atoms with E-state index in [4.69, 9.17) is 11.6 Å². The molecule has 0 aliphatic heterocycles. The number of benzene rings is 2. The molecule has 2 N–H and O–H groups in total. The highest BCUT2D eigenvalue weighted by Crippen LogP contribution is 2.13. The summed E-state index contributed by atoms with van der Waals surface area (Å²) in [7, 11) is -3.60. The smallest absolute Gasteiger partial charge is 0.251 e. The van der Waals surface area contributed by atoms with Gasteiger partial charge in [0.05, 0.1) is 4.90 Å². The number of carbonyl (C=O) groups excluding carboxylic acids is 1. The van der Waals surface area contributed by atoms with E-state index in [1.54, 1.807) is 18.2 Å². The maximum absolute atomic E-state index is 12.3. The molecule has 0 spiro atoms. The minimum atomic E-state index is -3.60. The van der Waals surface area contributed by atoms with E-state index in [1.165, 1.54) is 12.1 Å². The van der Waals surface area contributed by atoms with Gasteiger partial charge in [-0.15, -0.1) is 0 Å². The molecular formula is C19H23ClN2O3S. The van der Waals surface area contributed by atoms with Crippen molar-refractivity contribution < 1.29 is 13.2 Å². The Morgan fingerprint density at radius 2 is 1.85 bits per heavy atom.